The monoisotopic (exact) mass is 487 g/mol. The molecule has 0 radical (unpaired) electrons. The van der Waals surface area contributed by atoms with Crippen molar-refractivity contribution in [2.24, 2.45) is 7.05 Å². The van der Waals surface area contributed by atoms with Crippen LogP contribution >= 0.6 is 15.9 Å². The molecule has 7 nitrogen and oxygen atoms in total. The summed E-state index contributed by atoms with van der Waals surface area (Å²) in [7, 11) is 3.51. The quantitative estimate of drug-likeness (QED) is 0.437. The average molecular weight is 488 g/mol. The highest BCUT2D eigenvalue weighted by atomic mass is 79.9. The van der Waals surface area contributed by atoms with E-state index in [-0.39, 0.29) is 18.4 Å². The molecule has 164 valence electrons. The molecule has 0 saturated heterocycles. The number of aromatic nitrogens is 1. The summed E-state index contributed by atoms with van der Waals surface area (Å²) in [5.74, 6) is 0.284. The average Bonchev–Trinajstić information content (AvgIpc) is 3.42. The lowest BCUT2D eigenvalue weighted by Crippen LogP contribution is -2.44. The molecule has 0 aliphatic carbocycles. The first-order valence-corrected chi connectivity index (χ1v) is 10.7. The molecule has 2 aromatic heterocycles. The Morgan fingerprint density at radius 1 is 1.06 bits per heavy atom. The number of rotatable bonds is 10. The van der Waals surface area contributed by atoms with Gasteiger partial charge >= 0.3 is 0 Å². The zero-order chi connectivity index (χ0) is 22.2. The molecule has 3 rings (SSSR count). The lowest BCUT2D eigenvalue weighted by atomic mass is 10.2. The Labute approximate surface area is 190 Å². The summed E-state index contributed by atoms with van der Waals surface area (Å²) in [5.41, 5.74) is 1.49. The van der Waals surface area contributed by atoms with Crippen molar-refractivity contribution in [1.29, 1.82) is 0 Å². The first kappa shape index (κ1) is 22.8. The molecular formula is C23H26BrN3O4. The summed E-state index contributed by atoms with van der Waals surface area (Å²) < 4.78 is 13.3. The zero-order valence-electron chi connectivity index (χ0n) is 17.7. The van der Waals surface area contributed by atoms with Gasteiger partial charge in [-0.05, 0) is 52.3 Å². The number of ether oxygens (including phenoxy) is 1. The number of furan rings is 1. The third-order valence-electron chi connectivity index (χ3n) is 4.97. The number of hydrogen-bond donors (Lipinski definition) is 0. The Balaban J connectivity index is 1.80. The summed E-state index contributed by atoms with van der Waals surface area (Å²) in [5, 5.41) is 0. The fourth-order valence-corrected chi connectivity index (χ4v) is 3.66. The predicted molar refractivity (Wildman–Crippen MR) is 120 cm³/mol. The molecule has 0 spiro atoms. The molecule has 1 aromatic carbocycles. The van der Waals surface area contributed by atoms with Crippen LogP contribution in [0, 0.1) is 0 Å². The summed E-state index contributed by atoms with van der Waals surface area (Å²) in [6.07, 6.45) is 3.52. The van der Waals surface area contributed by atoms with Crippen molar-refractivity contribution in [3.63, 3.8) is 0 Å². The lowest BCUT2D eigenvalue weighted by molar-refractivity contribution is -0.133. The number of benzene rings is 1. The SMILES string of the molecule is COCCN(CC(=O)N(Cc1ccco1)Cc1cccn1C)C(=O)c1ccccc1Br. The second-order valence-electron chi connectivity index (χ2n) is 7.14. The van der Waals surface area contributed by atoms with E-state index in [0.717, 1.165) is 5.69 Å². The minimum absolute atomic E-state index is 0.0609. The zero-order valence-corrected chi connectivity index (χ0v) is 19.2. The van der Waals surface area contributed by atoms with Gasteiger partial charge in [-0.15, -0.1) is 0 Å². The normalized spacial score (nSPS) is 10.8. The Kier molecular flexibility index (Phi) is 8.08. The van der Waals surface area contributed by atoms with Gasteiger partial charge in [-0.3, -0.25) is 9.59 Å². The molecule has 0 unspecified atom stereocenters. The molecule has 0 aliphatic rings. The van der Waals surface area contributed by atoms with Gasteiger partial charge in [-0.25, -0.2) is 0 Å². The molecule has 8 heteroatoms. The van der Waals surface area contributed by atoms with Crippen molar-refractivity contribution >= 4 is 27.7 Å². The van der Waals surface area contributed by atoms with Gasteiger partial charge in [-0.2, -0.15) is 0 Å². The number of carbonyl (C=O) groups excluding carboxylic acids is 2. The summed E-state index contributed by atoms with van der Waals surface area (Å²) >= 11 is 3.43. The van der Waals surface area contributed by atoms with E-state index in [1.165, 1.54) is 4.90 Å². The first-order valence-electron chi connectivity index (χ1n) is 9.92. The highest BCUT2D eigenvalue weighted by molar-refractivity contribution is 9.10. The van der Waals surface area contributed by atoms with Gasteiger partial charge in [0.2, 0.25) is 5.91 Å². The summed E-state index contributed by atoms with van der Waals surface area (Å²) in [6, 6.07) is 14.7. The number of aryl methyl sites for hydroxylation is 1. The van der Waals surface area contributed by atoms with E-state index in [0.29, 0.717) is 42.0 Å². The van der Waals surface area contributed by atoms with E-state index in [2.05, 4.69) is 15.9 Å². The second kappa shape index (κ2) is 11.0. The van der Waals surface area contributed by atoms with Gasteiger partial charge in [0.1, 0.15) is 12.3 Å². The van der Waals surface area contributed by atoms with E-state index in [1.807, 2.05) is 48.1 Å². The molecule has 2 amide bonds. The van der Waals surface area contributed by atoms with Crippen LogP contribution in [-0.4, -0.2) is 53.0 Å². The van der Waals surface area contributed by atoms with Crippen molar-refractivity contribution in [2.45, 2.75) is 13.1 Å². The maximum Gasteiger partial charge on any atom is 0.255 e. The van der Waals surface area contributed by atoms with Crippen LogP contribution in [0.15, 0.2) is 69.9 Å². The van der Waals surface area contributed by atoms with Crippen LogP contribution in [0.1, 0.15) is 21.8 Å². The number of halogens is 1. The fourth-order valence-electron chi connectivity index (χ4n) is 3.20. The number of carbonyl (C=O) groups is 2. The molecule has 3 aromatic rings. The molecule has 31 heavy (non-hydrogen) atoms. The fraction of sp³-hybridized carbons (Fsp3) is 0.304. The largest absolute Gasteiger partial charge is 0.467 e. The standard InChI is InChI=1S/C23H26BrN3O4/c1-25-11-5-7-18(25)15-27(16-19-8-6-13-31-19)22(28)17-26(12-14-30-2)23(29)20-9-3-4-10-21(20)24/h3-11,13H,12,14-17H2,1-2H3. The van der Waals surface area contributed by atoms with Crippen LogP contribution in [0.25, 0.3) is 0 Å². The van der Waals surface area contributed by atoms with Gasteiger partial charge in [-0.1, -0.05) is 12.1 Å². The maximum absolute atomic E-state index is 13.3. The molecule has 0 fully saturated rings. The minimum atomic E-state index is -0.227. The van der Waals surface area contributed by atoms with E-state index in [4.69, 9.17) is 9.15 Å². The van der Waals surface area contributed by atoms with Gasteiger partial charge in [0, 0.05) is 37.1 Å². The van der Waals surface area contributed by atoms with Gasteiger partial charge in [0.05, 0.1) is 31.5 Å². The van der Waals surface area contributed by atoms with Crippen LogP contribution in [0.3, 0.4) is 0 Å². The molecule has 0 N–H and O–H groups in total. The number of amides is 2. The number of methoxy groups -OCH3 is 1. The summed E-state index contributed by atoms with van der Waals surface area (Å²) in [4.78, 5) is 29.7. The second-order valence-corrected chi connectivity index (χ2v) is 7.99. The van der Waals surface area contributed by atoms with Crippen LogP contribution in [0.5, 0.6) is 0 Å². The van der Waals surface area contributed by atoms with Crippen LogP contribution in [0.2, 0.25) is 0 Å². The van der Waals surface area contributed by atoms with Gasteiger partial charge < -0.3 is 23.5 Å². The number of nitrogens with zero attached hydrogens (tertiary/aromatic N) is 3. The topological polar surface area (TPSA) is 67.9 Å². The van der Waals surface area contributed by atoms with E-state index in [1.54, 1.807) is 36.5 Å². The van der Waals surface area contributed by atoms with Crippen molar-refractivity contribution in [3.8, 4) is 0 Å². The van der Waals surface area contributed by atoms with Gasteiger partial charge in [0.25, 0.3) is 5.91 Å². The molecular weight excluding hydrogens is 462 g/mol. The Hall–Kier alpha value is -2.84. The Bertz CT molecular complexity index is 1000. The third kappa shape index (κ3) is 6.08. The van der Waals surface area contributed by atoms with Crippen molar-refractivity contribution in [3.05, 3.63) is 82.5 Å². The molecule has 0 aliphatic heterocycles. The molecule has 0 atom stereocenters. The van der Waals surface area contributed by atoms with Crippen molar-refractivity contribution < 1.29 is 18.7 Å². The minimum Gasteiger partial charge on any atom is -0.467 e. The number of hydrogen-bond acceptors (Lipinski definition) is 4. The van der Waals surface area contributed by atoms with Crippen molar-refractivity contribution in [2.75, 3.05) is 26.8 Å². The molecule has 0 saturated carbocycles. The lowest BCUT2D eigenvalue weighted by Gasteiger charge is -2.27. The van der Waals surface area contributed by atoms with Crippen LogP contribution < -0.4 is 0 Å². The van der Waals surface area contributed by atoms with E-state index >= 15 is 0 Å². The first-order chi connectivity index (χ1) is 15.0. The Morgan fingerprint density at radius 2 is 1.87 bits per heavy atom. The smallest absolute Gasteiger partial charge is 0.255 e. The third-order valence-corrected chi connectivity index (χ3v) is 5.66. The predicted octanol–water partition coefficient (Wildman–Crippen LogP) is 3.70. The molecule has 2 heterocycles. The molecule has 0 bridgehead atoms. The van der Waals surface area contributed by atoms with E-state index in [9.17, 15) is 9.59 Å². The Morgan fingerprint density at radius 3 is 2.52 bits per heavy atom. The van der Waals surface area contributed by atoms with Gasteiger partial charge in [0.15, 0.2) is 0 Å². The van der Waals surface area contributed by atoms with Crippen molar-refractivity contribution in [1.82, 2.24) is 14.4 Å². The van der Waals surface area contributed by atoms with E-state index < -0.39 is 0 Å². The summed E-state index contributed by atoms with van der Waals surface area (Å²) in [6.45, 7) is 1.30. The van der Waals surface area contributed by atoms with Crippen LogP contribution in [0.4, 0.5) is 0 Å². The maximum atomic E-state index is 13.3. The highest BCUT2D eigenvalue weighted by Gasteiger charge is 2.24. The van der Waals surface area contributed by atoms with Crippen LogP contribution in [-0.2, 0) is 29.7 Å². The highest BCUT2D eigenvalue weighted by Crippen LogP contribution is 2.19.